The molecule has 0 radical (unpaired) electrons. The van der Waals surface area contributed by atoms with Gasteiger partial charge in [-0.25, -0.2) is 13.4 Å². The van der Waals surface area contributed by atoms with Gasteiger partial charge in [0.15, 0.2) is 5.03 Å². The maximum absolute atomic E-state index is 13.2. The fourth-order valence-corrected chi connectivity index (χ4v) is 6.43. The summed E-state index contributed by atoms with van der Waals surface area (Å²) in [5.41, 5.74) is 2.62. The molecular formula is C22H19ClN2O4S2. The van der Waals surface area contributed by atoms with E-state index in [4.69, 9.17) is 16.3 Å². The SMILES string of the molecule is COC(=O)Cn1c(C)c(Cc2sccc2S(=O)(=O)c2ccccn2)c2cc(Cl)ccc21. The second-order valence-electron chi connectivity index (χ2n) is 6.94. The average Bonchev–Trinajstić information content (AvgIpc) is 3.33. The molecule has 0 saturated carbocycles. The largest absolute Gasteiger partial charge is 0.468 e. The number of benzene rings is 1. The fraction of sp³-hybridized carbons (Fsp3) is 0.182. The zero-order valence-electron chi connectivity index (χ0n) is 16.8. The van der Waals surface area contributed by atoms with E-state index in [1.54, 1.807) is 29.6 Å². The summed E-state index contributed by atoms with van der Waals surface area (Å²) in [5, 5.41) is 3.23. The van der Waals surface area contributed by atoms with Gasteiger partial charge in [0.2, 0.25) is 9.84 Å². The van der Waals surface area contributed by atoms with Crippen LogP contribution in [0.15, 0.2) is 64.0 Å². The highest BCUT2D eigenvalue weighted by molar-refractivity contribution is 7.91. The van der Waals surface area contributed by atoms with E-state index in [1.807, 2.05) is 23.6 Å². The Bertz CT molecular complexity index is 1380. The second kappa shape index (κ2) is 8.45. The lowest BCUT2D eigenvalue weighted by molar-refractivity contribution is -0.141. The molecule has 4 aromatic rings. The maximum Gasteiger partial charge on any atom is 0.325 e. The van der Waals surface area contributed by atoms with Crippen molar-refractivity contribution >= 4 is 49.6 Å². The predicted octanol–water partition coefficient (Wildman–Crippen LogP) is 4.66. The van der Waals surface area contributed by atoms with Gasteiger partial charge in [0.25, 0.3) is 0 Å². The van der Waals surface area contributed by atoms with Crippen molar-refractivity contribution in [1.29, 1.82) is 0 Å². The topological polar surface area (TPSA) is 78.3 Å². The lowest BCUT2D eigenvalue weighted by Gasteiger charge is -2.08. The Labute approximate surface area is 189 Å². The highest BCUT2D eigenvalue weighted by atomic mass is 35.5. The number of methoxy groups -OCH3 is 1. The van der Waals surface area contributed by atoms with Gasteiger partial charge in [-0.05, 0) is 54.3 Å². The Kier molecular flexibility index (Phi) is 5.88. The van der Waals surface area contributed by atoms with E-state index in [1.165, 1.54) is 30.7 Å². The number of nitrogens with zero attached hydrogens (tertiary/aromatic N) is 2. The Balaban J connectivity index is 1.83. The summed E-state index contributed by atoms with van der Waals surface area (Å²) in [6.45, 7) is 1.97. The molecule has 0 aliphatic heterocycles. The smallest absolute Gasteiger partial charge is 0.325 e. The Hall–Kier alpha value is -2.68. The first-order valence-electron chi connectivity index (χ1n) is 9.39. The molecular weight excluding hydrogens is 456 g/mol. The third-order valence-electron chi connectivity index (χ3n) is 5.18. The molecule has 0 amide bonds. The first-order chi connectivity index (χ1) is 14.8. The Morgan fingerprint density at radius 2 is 2.03 bits per heavy atom. The quantitative estimate of drug-likeness (QED) is 0.380. The summed E-state index contributed by atoms with van der Waals surface area (Å²) in [6.07, 6.45) is 1.85. The predicted molar refractivity (Wildman–Crippen MR) is 121 cm³/mol. The van der Waals surface area contributed by atoms with E-state index in [-0.39, 0.29) is 22.4 Å². The van der Waals surface area contributed by atoms with Gasteiger partial charge in [-0.15, -0.1) is 11.3 Å². The molecule has 0 atom stereocenters. The molecule has 0 bridgehead atoms. The minimum atomic E-state index is -3.74. The average molecular weight is 475 g/mol. The number of halogens is 1. The van der Waals surface area contributed by atoms with Crippen molar-refractivity contribution < 1.29 is 17.9 Å². The zero-order valence-corrected chi connectivity index (χ0v) is 19.2. The van der Waals surface area contributed by atoms with Crippen molar-refractivity contribution in [2.45, 2.75) is 29.8 Å². The molecule has 0 spiro atoms. The number of hydrogen-bond acceptors (Lipinski definition) is 6. The van der Waals surface area contributed by atoms with Crippen LogP contribution < -0.4 is 0 Å². The summed E-state index contributed by atoms with van der Waals surface area (Å²) >= 11 is 7.62. The number of sulfone groups is 1. The molecule has 0 N–H and O–H groups in total. The third-order valence-corrected chi connectivity index (χ3v) is 8.21. The summed E-state index contributed by atoms with van der Waals surface area (Å²) in [7, 11) is -2.40. The van der Waals surface area contributed by atoms with E-state index >= 15 is 0 Å². The van der Waals surface area contributed by atoms with E-state index in [0.29, 0.717) is 16.3 Å². The van der Waals surface area contributed by atoms with Crippen LogP contribution in [0.5, 0.6) is 0 Å². The first kappa shape index (κ1) is 21.5. The number of carbonyl (C=O) groups excluding carboxylic acids is 1. The molecule has 4 rings (SSSR count). The van der Waals surface area contributed by atoms with Gasteiger partial charge in [0, 0.05) is 39.1 Å². The lowest BCUT2D eigenvalue weighted by atomic mass is 10.1. The third kappa shape index (κ3) is 3.98. The van der Waals surface area contributed by atoms with Crippen LogP contribution in [0.3, 0.4) is 0 Å². The van der Waals surface area contributed by atoms with Crippen molar-refractivity contribution in [3.05, 3.63) is 75.2 Å². The Morgan fingerprint density at radius 3 is 2.74 bits per heavy atom. The van der Waals surface area contributed by atoms with Crippen molar-refractivity contribution in [2.24, 2.45) is 0 Å². The van der Waals surface area contributed by atoms with E-state index in [9.17, 15) is 13.2 Å². The van der Waals surface area contributed by atoms with Gasteiger partial charge in [0.05, 0.1) is 12.0 Å². The van der Waals surface area contributed by atoms with E-state index < -0.39 is 9.84 Å². The lowest BCUT2D eigenvalue weighted by Crippen LogP contribution is -2.12. The van der Waals surface area contributed by atoms with Crippen molar-refractivity contribution in [3.63, 3.8) is 0 Å². The number of ether oxygens (including phenoxy) is 1. The zero-order chi connectivity index (χ0) is 22.2. The van der Waals surface area contributed by atoms with Crippen LogP contribution in [-0.2, 0) is 32.3 Å². The second-order valence-corrected chi connectivity index (χ2v) is 10.2. The van der Waals surface area contributed by atoms with Crippen LogP contribution in [-0.4, -0.2) is 31.0 Å². The number of hydrogen-bond donors (Lipinski definition) is 0. The number of esters is 1. The number of thiophene rings is 1. The summed E-state index contributed by atoms with van der Waals surface area (Å²) < 4.78 is 33.0. The van der Waals surface area contributed by atoms with Gasteiger partial charge in [-0.1, -0.05) is 17.7 Å². The summed E-state index contributed by atoms with van der Waals surface area (Å²) in [5.74, 6) is -0.365. The molecule has 0 saturated heterocycles. The maximum atomic E-state index is 13.2. The van der Waals surface area contributed by atoms with Crippen LogP contribution >= 0.6 is 22.9 Å². The van der Waals surface area contributed by atoms with Crippen LogP contribution in [0.4, 0.5) is 0 Å². The summed E-state index contributed by atoms with van der Waals surface area (Å²) in [4.78, 5) is 16.9. The van der Waals surface area contributed by atoms with Gasteiger partial charge in [-0.2, -0.15) is 0 Å². The molecule has 3 heterocycles. The molecule has 1 aromatic carbocycles. The van der Waals surface area contributed by atoms with E-state index in [2.05, 4.69) is 4.98 Å². The van der Waals surface area contributed by atoms with Gasteiger partial charge in [-0.3, -0.25) is 4.79 Å². The molecule has 0 aliphatic rings. The normalized spacial score (nSPS) is 11.7. The van der Waals surface area contributed by atoms with Crippen molar-refractivity contribution in [1.82, 2.24) is 9.55 Å². The molecule has 31 heavy (non-hydrogen) atoms. The number of carbonyl (C=O) groups is 1. The van der Waals surface area contributed by atoms with Gasteiger partial charge in [0.1, 0.15) is 6.54 Å². The molecule has 0 aliphatic carbocycles. The van der Waals surface area contributed by atoms with E-state index in [0.717, 1.165) is 22.2 Å². The molecule has 0 fully saturated rings. The van der Waals surface area contributed by atoms with Gasteiger partial charge >= 0.3 is 5.97 Å². The van der Waals surface area contributed by atoms with Crippen LogP contribution in [0.2, 0.25) is 5.02 Å². The van der Waals surface area contributed by atoms with Crippen molar-refractivity contribution in [2.75, 3.05) is 7.11 Å². The van der Waals surface area contributed by atoms with Gasteiger partial charge < -0.3 is 9.30 Å². The number of fused-ring (bicyclic) bond motifs is 1. The fourth-order valence-electron chi connectivity index (χ4n) is 3.62. The minimum Gasteiger partial charge on any atom is -0.468 e. The Morgan fingerprint density at radius 1 is 1.23 bits per heavy atom. The van der Waals surface area contributed by atoms with Crippen LogP contribution in [0.25, 0.3) is 10.9 Å². The summed E-state index contributed by atoms with van der Waals surface area (Å²) in [6, 6.07) is 11.9. The monoisotopic (exact) mass is 474 g/mol. The standard InChI is InChI=1S/C22H19ClN2O4S2/c1-14-16(17-11-15(23)6-7-18(17)25(14)13-22(26)29-2)12-19-20(8-10-30-19)31(27,28)21-5-3-4-9-24-21/h3-11H,12-13H2,1-2H3. The molecule has 160 valence electrons. The number of rotatable bonds is 6. The van der Waals surface area contributed by atoms with Crippen LogP contribution in [0, 0.1) is 6.92 Å². The molecule has 3 aromatic heterocycles. The first-order valence-corrected chi connectivity index (χ1v) is 12.1. The minimum absolute atomic E-state index is 0.0162. The molecule has 6 nitrogen and oxygen atoms in total. The molecule has 0 unspecified atom stereocenters. The van der Waals surface area contributed by atoms with Crippen LogP contribution in [0.1, 0.15) is 16.1 Å². The number of aromatic nitrogens is 2. The number of pyridine rings is 1. The highest BCUT2D eigenvalue weighted by Gasteiger charge is 2.25. The highest BCUT2D eigenvalue weighted by Crippen LogP contribution is 2.34. The molecule has 9 heteroatoms. The van der Waals surface area contributed by atoms with Crippen molar-refractivity contribution in [3.8, 4) is 0 Å².